The van der Waals surface area contributed by atoms with Crippen molar-refractivity contribution in [1.82, 2.24) is 4.98 Å². The van der Waals surface area contributed by atoms with Gasteiger partial charge in [-0.1, -0.05) is 38.1 Å². The maximum absolute atomic E-state index is 6.33. The van der Waals surface area contributed by atoms with Crippen molar-refractivity contribution in [1.29, 1.82) is 0 Å². The number of rotatable bonds is 4. The molecule has 2 heteroatoms. The number of nitrogens with two attached hydrogens (primary N) is 1. The number of benzene rings is 1. The third kappa shape index (κ3) is 3.67. The van der Waals surface area contributed by atoms with Crippen LogP contribution in [-0.4, -0.2) is 4.98 Å². The average Bonchev–Trinajstić information content (AvgIpc) is 2.38. The Kier molecular flexibility index (Phi) is 4.56. The van der Waals surface area contributed by atoms with E-state index in [0.717, 1.165) is 17.8 Å². The smallest absolute Gasteiger partial charge is 0.0379 e. The lowest BCUT2D eigenvalue weighted by Gasteiger charge is -2.14. The number of hydrogen-bond donors (Lipinski definition) is 1. The summed E-state index contributed by atoms with van der Waals surface area (Å²) in [6, 6.07) is 13.0. The van der Waals surface area contributed by atoms with E-state index in [-0.39, 0.29) is 6.04 Å². The second-order valence-electron chi connectivity index (χ2n) is 5.89. The van der Waals surface area contributed by atoms with Crippen molar-refractivity contribution in [2.24, 2.45) is 5.73 Å². The van der Waals surface area contributed by atoms with Crippen LogP contribution in [0.5, 0.6) is 0 Å². The molecule has 106 valence electrons. The van der Waals surface area contributed by atoms with E-state index in [0.29, 0.717) is 5.92 Å². The molecule has 2 aromatic rings. The lowest BCUT2D eigenvalue weighted by atomic mass is 9.96. The first-order valence-corrected chi connectivity index (χ1v) is 7.25. The molecule has 1 unspecified atom stereocenters. The summed E-state index contributed by atoms with van der Waals surface area (Å²) in [5, 5.41) is 0. The molecule has 2 nitrogen and oxygen atoms in total. The van der Waals surface area contributed by atoms with Crippen LogP contribution in [0.1, 0.15) is 53.9 Å². The van der Waals surface area contributed by atoms with Gasteiger partial charge in [0.25, 0.3) is 0 Å². The van der Waals surface area contributed by atoms with Gasteiger partial charge in [-0.25, -0.2) is 0 Å². The fraction of sp³-hybridized carbons (Fsp3) is 0.389. The van der Waals surface area contributed by atoms with Crippen molar-refractivity contribution in [2.45, 2.75) is 46.1 Å². The van der Waals surface area contributed by atoms with Gasteiger partial charge in [0.15, 0.2) is 0 Å². The predicted molar refractivity (Wildman–Crippen MR) is 84.9 cm³/mol. The summed E-state index contributed by atoms with van der Waals surface area (Å²) >= 11 is 0. The molecule has 0 aliphatic heterocycles. The molecular weight excluding hydrogens is 244 g/mol. The average molecular weight is 268 g/mol. The number of aromatic nitrogens is 1. The molecule has 0 bridgehead atoms. The molecule has 0 fully saturated rings. The molecule has 0 aliphatic carbocycles. The van der Waals surface area contributed by atoms with Gasteiger partial charge in [-0.05, 0) is 55.0 Å². The van der Waals surface area contributed by atoms with Crippen LogP contribution in [0.3, 0.4) is 0 Å². The molecule has 2 N–H and O–H groups in total. The number of aryl methyl sites for hydroxylation is 2. The third-order valence-electron chi connectivity index (χ3n) is 3.63. The molecular formula is C18H24N2. The minimum atomic E-state index is 0.0281. The first-order valence-electron chi connectivity index (χ1n) is 7.25. The van der Waals surface area contributed by atoms with Crippen molar-refractivity contribution < 1.29 is 0 Å². The molecule has 1 aromatic heterocycles. The van der Waals surface area contributed by atoms with Crippen molar-refractivity contribution in [3.05, 3.63) is 64.5 Å². The lowest BCUT2D eigenvalue weighted by Crippen LogP contribution is -2.14. The van der Waals surface area contributed by atoms with E-state index in [1.165, 1.54) is 16.7 Å². The number of hydrogen-bond acceptors (Lipinski definition) is 2. The third-order valence-corrected chi connectivity index (χ3v) is 3.63. The van der Waals surface area contributed by atoms with Crippen LogP contribution in [-0.2, 0) is 6.42 Å². The highest BCUT2D eigenvalue weighted by atomic mass is 14.7. The van der Waals surface area contributed by atoms with Crippen LogP contribution in [0.25, 0.3) is 0 Å². The van der Waals surface area contributed by atoms with Gasteiger partial charge in [0.2, 0.25) is 0 Å². The summed E-state index contributed by atoms with van der Waals surface area (Å²) < 4.78 is 0. The van der Waals surface area contributed by atoms with Crippen LogP contribution in [0.15, 0.2) is 36.4 Å². The minimum absolute atomic E-state index is 0.0281. The fourth-order valence-electron chi connectivity index (χ4n) is 2.49. The maximum atomic E-state index is 6.33. The van der Waals surface area contributed by atoms with Crippen molar-refractivity contribution in [3.63, 3.8) is 0 Å². The molecule has 2 rings (SSSR count). The SMILES string of the molecule is Cc1cc(C(N)Cc2ccc(C(C)C)cc2)cc(C)n1. The van der Waals surface area contributed by atoms with Crippen LogP contribution in [0.4, 0.5) is 0 Å². The van der Waals surface area contributed by atoms with Crippen LogP contribution >= 0.6 is 0 Å². The van der Waals surface area contributed by atoms with Crippen LogP contribution in [0, 0.1) is 13.8 Å². The molecule has 0 saturated carbocycles. The normalized spacial score (nSPS) is 12.7. The second kappa shape index (κ2) is 6.19. The van der Waals surface area contributed by atoms with E-state index in [2.05, 4.69) is 55.2 Å². The fourth-order valence-corrected chi connectivity index (χ4v) is 2.49. The Morgan fingerprint density at radius 1 is 0.950 bits per heavy atom. The van der Waals surface area contributed by atoms with Crippen molar-refractivity contribution >= 4 is 0 Å². The van der Waals surface area contributed by atoms with Gasteiger partial charge >= 0.3 is 0 Å². The largest absolute Gasteiger partial charge is 0.324 e. The molecule has 1 aromatic carbocycles. The Morgan fingerprint density at radius 3 is 2.00 bits per heavy atom. The Bertz CT molecular complexity index is 550. The summed E-state index contributed by atoms with van der Waals surface area (Å²) in [4.78, 5) is 4.40. The van der Waals surface area contributed by atoms with Gasteiger partial charge in [-0.2, -0.15) is 0 Å². The van der Waals surface area contributed by atoms with Gasteiger partial charge < -0.3 is 5.73 Å². The van der Waals surface area contributed by atoms with Crippen LogP contribution < -0.4 is 5.73 Å². The zero-order chi connectivity index (χ0) is 14.7. The molecule has 0 amide bonds. The van der Waals surface area contributed by atoms with Crippen LogP contribution in [0.2, 0.25) is 0 Å². The molecule has 0 saturated heterocycles. The van der Waals surface area contributed by atoms with Gasteiger partial charge in [-0.3, -0.25) is 4.98 Å². The number of nitrogens with zero attached hydrogens (tertiary/aromatic N) is 1. The van der Waals surface area contributed by atoms with Gasteiger partial charge in [0.05, 0.1) is 0 Å². The van der Waals surface area contributed by atoms with E-state index < -0.39 is 0 Å². The topological polar surface area (TPSA) is 38.9 Å². The zero-order valence-electron chi connectivity index (χ0n) is 12.9. The van der Waals surface area contributed by atoms with E-state index >= 15 is 0 Å². The highest BCUT2D eigenvalue weighted by molar-refractivity contribution is 5.28. The zero-order valence-corrected chi connectivity index (χ0v) is 12.9. The summed E-state index contributed by atoms with van der Waals surface area (Å²) in [5.74, 6) is 0.572. The molecule has 0 radical (unpaired) electrons. The van der Waals surface area contributed by atoms with Gasteiger partial charge in [0.1, 0.15) is 0 Å². The van der Waals surface area contributed by atoms with Crippen molar-refractivity contribution in [3.8, 4) is 0 Å². The Morgan fingerprint density at radius 2 is 1.50 bits per heavy atom. The van der Waals surface area contributed by atoms with Gasteiger partial charge in [0, 0.05) is 17.4 Å². The molecule has 0 aliphatic rings. The Hall–Kier alpha value is -1.67. The highest BCUT2D eigenvalue weighted by Gasteiger charge is 2.09. The quantitative estimate of drug-likeness (QED) is 0.908. The minimum Gasteiger partial charge on any atom is -0.324 e. The summed E-state index contributed by atoms with van der Waals surface area (Å²) in [6.07, 6.45) is 0.862. The van der Waals surface area contributed by atoms with E-state index in [4.69, 9.17) is 5.73 Å². The summed E-state index contributed by atoms with van der Waals surface area (Å²) in [5.41, 5.74) is 12.2. The molecule has 0 spiro atoms. The van der Waals surface area contributed by atoms with E-state index in [1.807, 2.05) is 13.8 Å². The first-order chi connectivity index (χ1) is 9.45. The first kappa shape index (κ1) is 14.7. The van der Waals surface area contributed by atoms with Crippen molar-refractivity contribution in [2.75, 3.05) is 0 Å². The predicted octanol–water partition coefficient (Wildman–Crippen LogP) is 4.06. The summed E-state index contributed by atoms with van der Waals surface area (Å²) in [6.45, 7) is 8.45. The molecule has 20 heavy (non-hydrogen) atoms. The lowest BCUT2D eigenvalue weighted by molar-refractivity contribution is 0.716. The highest BCUT2D eigenvalue weighted by Crippen LogP contribution is 2.20. The summed E-state index contributed by atoms with van der Waals surface area (Å²) in [7, 11) is 0. The standard InChI is InChI=1S/C18H24N2/c1-12(2)16-7-5-15(6-8-16)11-18(19)17-9-13(3)20-14(4)10-17/h5-10,12,18H,11,19H2,1-4H3. The van der Waals surface area contributed by atoms with E-state index in [1.54, 1.807) is 0 Å². The Labute approximate surface area is 122 Å². The Balaban J connectivity index is 2.12. The maximum Gasteiger partial charge on any atom is 0.0379 e. The number of pyridine rings is 1. The van der Waals surface area contributed by atoms with E-state index in [9.17, 15) is 0 Å². The molecule has 1 atom stereocenters. The van der Waals surface area contributed by atoms with Gasteiger partial charge in [-0.15, -0.1) is 0 Å². The monoisotopic (exact) mass is 268 g/mol. The second-order valence-corrected chi connectivity index (χ2v) is 5.89. The molecule has 1 heterocycles.